The van der Waals surface area contributed by atoms with Gasteiger partial charge in [-0.25, -0.2) is 14.2 Å². The minimum absolute atomic E-state index is 0.0428. The first-order chi connectivity index (χ1) is 27.0. The van der Waals surface area contributed by atoms with Crippen LogP contribution in [-0.2, 0) is 32.1 Å². The second kappa shape index (κ2) is 18.8. The Labute approximate surface area is 336 Å². The van der Waals surface area contributed by atoms with Gasteiger partial charge in [0.2, 0.25) is 17.7 Å². The third-order valence-electron chi connectivity index (χ3n) is 9.68. The number of benzene rings is 3. The van der Waals surface area contributed by atoms with Crippen molar-refractivity contribution in [1.29, 1.82) is 0 Å². The van der Waals surface area contributed by atoms with Crippen molar-refractivity contribution in [2.75, 3.05) is 20.8 Å². The number of aromatic nitrogens is 1. The molecule has 15 heteroatoms. The Morgan fingerprint density at radius 1 is 0.982 bits per heavy atom. The molecule has 1 aromatic heterocycles. The topological polar surface area (TPSA) is 168 Å². The molecule has 0 bridgehead atoms. The molecule has 0 radical (unpaired) electrons. The van der Waals surface area contributed by atoms with Gasteiger partial charge in [0.15, 0.2) is 0 Å². The number of nitrogens with one attached hydrogen (secondary N) is 3. The number of para-hydroxylation sites is 1. The number of carbonyl (C=O) groups is 4. The molecule has 1 saturated heterocycles. The van der Waals surface area contributed by atoms with Crippen LogP contribution in [-0.4, -0.2) is 83.3 Å². The number of halogens is 1. The third-order valence-corrected chi connectivity index (χ3v) is 10.8. The highest BCUT2D eigenvalue weighted by Crippen LogP contribution is 2.34. The van der Waals surface area contributed by atoms with Crippen molar-refractivity contribution < 1.29 is 42.9 Å². The number of aliphatic hydroxyl groups is 1. The van der Waals surface area contributed by atoms with E-state index in [1.54, 1.807) is 65.9 Å². The number of rotatable bonds is 16. The van der Waals surface area contributed by atoms with Gasteiger partial charge in [-0.3, -0.25) is 14.4 Å². The van der Waals surface area contributed by atoms with E-state index in [1.165, 1.54) is 35.6 Å². The zero-order chi connectivity index (χ0) is 41.4. The molecule has 57 heavy (non-hydrogen) atoms. The quantitative estimate of drug-likeness (QED) is 0.111. The van der Waals surface area contributed by atoms with Crippen LogP contribution < -0.4 is 25.4 Å². The number of amides is 4. The van der Waals surface area contributed by atoms with Gasteiger partial charge in [-0.1, -0.05) is 38.1 Å². The molecule has 1 aliphatic heterocycles. The Morgan fingerprint density at radius 3 is 2.35 bits per heavy atom. The van der Waals surface area contributed by atoms with Crippen molar-refractivity contribution in [3.05, 3.63) is 88.7 Å². The summed E-state index contributed by atoms with van der Waals surface area (Å²) in [6, 6.07) is 15.0. The first kappa shape index (κ1) is 42.9. The number of ether oxygens (including phenoxy) is 3. The summed E-state index contributed by atoms with van der Waals surface area (Å²) in [5.41, 5.74) is 1.22. The van der Waals surface area contributed by atoms with E-state index in [9.17, 15) is 28.7 Å². The number of aliphatic hydroxyl groups excluding tert-OH is 1. The number of thiazole rings is 1. The highest BCUT2D eigenvalue weighted by atomic mass is 32.1. The van der Waals surface area contributed by atoms with Crippen LogP contribution in [0.15, 0.2) is 66.7 Å². The lowest BCUT2D eigenvalue weighted by Gasteiger charge is -2.29. The van der Waals surface area contributed by atoms with Gasteiger partial charge in [0, 0.05) is 37.1 Å². The minimum atomic E-state index is -1.31. The van der Waals surface area contributed by atoms with Crippen LogP contribution in [0.25, 0.3) is 10.2 Å². The number of hydrogen-bond donors (Lipinski definition) is 4. The second-order valence-corrected chi connectivity index (χ2v) is 16.6. The summed E-state index contributed by atoms with van der Waals surface area (Å²) in [4.78, 5) is 61.2. The maximum atomic E-state index is 14.4. The van der Waals surface area contributed by atoms with Crippen LogP contribution in [0.5, 0.6) is 11.5 Å². The number of alkyl carbamates (subject to hydrolysis) is 1. The average molecular weight is 806 g/mol. The van der Waals surface area contributed by atoms with Crippen LogP contribution in [0.2, 0.25) is 0 Å². The lowest BCUT2D eigenvalue weighted by molar-refractivity contribution is -0.133. The highest BCUT2D eigenvalue weighted by Gasteiger charge is 2.39. The third kappa shape index (κ3) is 11.4. The van der Waals surface area contributed by atoms with E-state index in [1.807, 2.05) is 30.3 Å². The number of likely N-dealkylation sites (tertiary alicyclic amines) is 1. The number of nitrogens with zero attached hydrogens (tertiary/aromatic N) is 2. The van der Waals surface area contributed by atoms with Crippen molar-refractivity contribution in [3.63, 3.8) is 0 Å². The fraction of sp³-hybridized carbons (Fsp3) is 0.452. The van der Waals surface area contributed by atoms with E-state index in [4.69, 9.17) is 14.2 Å². The summed E-state index contributed by atoms with van der Waals surface area (Å²) in [5.74, 6) is -1.65. The molecule has 3 aromatic carbocycles. The molecule has 1 fully saturated rings. The van der Waals surface area contributed by atoms with Crippen LogP contribution >= 0.6 is 11.3 Å². The van der Waals surface area contributed by atoms with Crippen LogP contribution in [0.4, 0.5) is 9.18 Å². The van der Waals surface area contributed by atoms with Gasteiger partial charge >= 0.3 is 6.09 Å². The van der Waals surface area contributed by atoms with Crippen molar-refractivity contribution in [1.82, 2.24) is 25.8 Å². The van der Waals surface area contributed by atoms with Gasteiger partial charge in [-0.15, -0.1) is 11.3 Å². The van der Waals surface area contributed by atoms with Gasteiger partial charge in [0.05, 0.1) is 30.5 Å². The van der Waals surface area contributed by atoms with Gasteiger partial charge in [0.25, 0.3) is 0 Å². The summed E-state index contributed by atoms with van der Waals surface area (Å²) < 4.78 is 31.0. The van der Waals surface area contributed by atoms with Crippen LogP contribution in [0.3, 0.4) is 0 Å². The molecule has 4 amide bonds. The Kier molecular flexibility index (Phi) is 14.1. The van der Waals surface area contributed by atoms with Crippen molar-refractivity contribution in [3.8, 4) is 11.5 Å². The molecular formula is C42H52FN5O8S. The van der Waals surface area contributed by atoms with Gasteiger partial charge in [0.1, 0.15) is 46.1 Å². The predicted molar refractivity (Wildman–Crippen MR) is 214 cm³/mol. The monoisotopic (exact) mass is 805 g/mol. The first-order valence-corrected chi connectivity index (χ1v) is 19.7. The summed E-state index contributed by atoms with van der Waals surface area (Å²) in [6.45, 7) is 9.33. The lowest BCUT2D eigenvalue weighted by atomic mass is 9.94. The highest BCUT2D eigenvalue weighted by molar-refractivity contribution is 7.18. The predicted octanol–water partition coefficient (Wildman–Crippen LogP) is 5.69. The number of hydrogen-bond acceptors (Lipinski definition) is 10. The molecule has 4 N–H and O–H groups in total. The zero-order valence-corrected chi connectivity index (χ0v) is 34.2. The number of carbonyl (C=O) groups excluding carboxylic acids is 4. The Balaban J connectivity index is 1.41. The summed E-state index contributed by atoms with van der Waals surface area (Å²) in [6.07, 6.45) is -1.61. The van der Waals surface area contributed by atoms with Gasteiger partial charge in [-0.05, 0) is 81.5 Å². The van der Waals surface area contributed by atoms with E-state index >= 15 is 0 Å². The number of methoxy groups -OCH3 is 2. The summed E-state index contributed by atoms with van der Waals surface area (Å²) in [5, 5.41) is 20.6. The maximum Gasteiger partial charge on any atom is 0.408 e. The summed E-state index contributed by atoms with van der Waals surface area (Å²) in [7, 11) is 3.11. The first-order valence-electron chi connectivity index (χ1n) is 18.9. The molecule has 5 atom stereocenters. The van der Waals surface area contributed by atoms with Gasteiger partial charge < -0.3 is 40.2 Å². The van der Waals surface area contributed by atoms with Gasteiger partial charge in [-0.2, -0.15) is 0 Å². The largest absolute Gasteiger partial charge is 0.497 e. The molecule has 1 aliphatic rings. The van der Waals surface area contributed by atoms with E-state index in [0.29, 0.717) is 47.1 Å². The van der Waals surface area contributed by atoms with Crippen molar-refractivity contribution in [2.45, 2.75) is 90.3 Å². The maximum absolute atomic E-state index is 14.4. The van der Waals surface area contributed by atoms with Crippen LogP contribution in [0, 0.1) is 17.7 Å². The standard InChI is InChI=1S/C42H52FN5O8S/c1-24(2)35(47-41(53)56-42(3,4)5)38(51)45-32(20-25-12-15-28(43)16-13-25)37(50)44-31(36(49)39-46-30-10-8-9-11-34(30)57-39)21-26-18-19-48(40(26)52)23-27-14-17-29(54-6)22-33(27)55-7/h8-17,22,24,26,31-32,35-36,49H,18-21,23H2,1-7H3,(H,44,50)(H,45,51)(H,47,53)/t26-,31-,32-,35-,36?/m0/s1. The molecule has 5 rings (SSSR count). The molecule has 1 unspecified atom stereocenters. The molecule has 4 aromatic rings. The summed E-state index contributed by atoms with van der Waals surface area (Å²) >= 11 is 1.28. The zero-order valence-electron chi connectivity index (χ0n) is 33.3. The molecule has 306 valence electrons. The van der Waals surface area contributed by atoms with Crippen LogP contribution in [0.1, 0.15) is 69.7 Å². The molecule has 0 aliphatic carbocycles. The Hall–Kier alpha value is -5.28. The Bertz CT molecular complexity index is 2000. The average Bonchev–Trinajstić information content (AvgIpc) is 3.75. The normalized spacial score (nSPS) is 16.5. The molecule has 13 nitrogen and oxygen atoms in total. The fourth-order valence-electron chi connectivity index (χ4n) is 6.71. The Morgan fingerprint density at radius 2 is 1.70 bits per heavy atom. The smallest absolute Gasteiger partial charge is 0.408 e. The van der Waals surface area contributed by atoms with E-state index in [2.05, 4.69) is 20.9 Å². The van der Waals surface area contributed by atoms with Crippen molar-refractivity contribution >= 4 is 45.4 Å². The molecule has 2 heterocycles. The van der Waals surface area contributed by atoms with E-state index in [0.717, 1.165) is 10.3 Å². The second-order valence-electron chi connectivity index (χ2n) is 15.5. The fourth-order valence-corrected chi connectivity index (χ4v) is 7.73. The minimum Gasteiger partial charge on any atom is -0.497 e. The molecular weight excluding hydrogens is 754 g/mol. The van der Waals surface area contributed by atoms with E-state index in [-0.39, 0.29) is 18.7 Å². The van der Waals surface area contributed by atoms with Crippen molar-refractivity contribution in [2.24, 2.45) is 11.8 Å². The molecule has 0 spiro atoms. The lowest BCUT2D eigenvalue weighted by Crippen LogP contribution is -2.57. The molecule has 0 saturated carbocycles. The van der Waals surface area contributed by atoms with E-state index < -0.39 is 65.4 Å². The SMILES string of the molecule is COc1ccc(CN2CC[C@@H](C[C@H](NC(=O)[C@H](Cc3ccc(F)cc3)NC(=O)[C@@H](NC(=O)OC(C)(C)C)C(C)C)C(O)c3nc4ccccc4s3)C2=O)c(OC)c1. The number of fused-ring (bicyclic) bond motifs is 1.